The molecule has 3 heteroatoms. The van der Waals surface area contributed by atoms with E-state index in [4.69, 9.17) is 4.74 Å². The van der Waals surface area contributed by atoms with E-state index in [2.05, 4.69) is 11.4 Å². The molecule has 16 heavy (non-hydrogen) atoms. The van der Waals surface area contributed by atoms with Crippen molar-refractivity contribution in [2.75, 3.05) is 13.2 Å². The highest BCUT2D eigenvalue weighted by Crippen LogP contribution is 2.35. The summed E-state index contributed by atoms with van der Waals surface area (Å²) in [5, 5.41) is 2.84. The Kier molecular flexibility index (Phi) is 3.44. The molecule has 0 aliphatic carbocycles. The summed E-state index contributed by atoms with van der Waals surface area (Å²) in [6, 6.07) is 7.99. The van der Waals surface area contributed by atoms with E-state index in [1.54, 1.807) is 0 Å². The molecule has 1 aliphatic heterocycles. The lowest BCUT2D eigenvalue weighted by Gasteiger charge is -2.25. The molecule has 0 saturated carbocycles. The molecule has 0 bridgehead atoms. The van der Waals surface area contributed by atoms with E-state index >= 15 is 0 Å². The highest BCUT2D eigenvalue weighted by Gasteiger charge is 2.22. The lowest BCUT2D eigenvalue weighted by molar-refractivity contribution is -0.121. The monoisotopic (exact) mass is 219 g/mol. The van der Waals surface area contributed by atoms with Crippen LogP contribution >= 0.6 is 0 Å². The summed E-state index contributed by atoms with van der Waals surface area (Å²) in [5.74, 6) is 1.36. The molecule has 2 rings (SSSR count). The summed E-state index contributed by atoms with van der Waals surface area (Å²) in [7, 11) is 0. The molecule has 1 heterocycles. The van der Waals surface area contributed by atoms with Gasteiger partial charge < -0.3 is 10.1 Å². The molecule has 1 atom stereocenters. The van der Waals surface area contributed by atoms with Crippen molar-refractivity contribution in [2.24, 2.45) is 0 Å². The second-order valence-electron chi connectivity index (χ2n) is 4.03. The number of ether oxygens (including phenoxy) is 1. The standard InChI is InChI=1S/C13H17NO2/c1-2-14-13(15)9-10-7-8-16-12-6-4-3-5-11(10)12/h3-6,10H,2,7-9H2,1H3,(H,14,15). The van der Waals surface area contributed by atoms with Gasteiger partial charge >= 0.3 is 0 Å². The molecule has 0 fully saturated rings. The van der Waals surface area contributed by atoms with Crippen LogP contribution in [0.5, 0.6) is 5.75 Å². The molecule has 1 aromatic carbocycles. The maximum absolute atomic E-state index is 11.6. The van der Waals surface area contributed by atoms with Gasteiger partial charge in [0.1, 0.15) is 5.75 Å². The predicted octanol–water partition coefficient (Wildman–Crippen LogP) is 2.08. The van der Waals surface area contributed by atoms with Crippen molar-refractivity contribution < 1.29 is 9.53 Å². The molecule has 0 radical (unpaired) electrons. The summed E-state index contributed by atoms with van der Waals surface area (Å²) in [4.78, 5) is 11.6. The van der Waals surface area contributed by atoms with Crippen molar-refractivity contribution >= 4 is 5.91 Å². The van der Waals surface area contributed by atoms with Gasteiger partial charge in [-0.05, 0) is 30.9 Å². The fourth-order valence-corrected chi connectivity index (χ4v) is 2.12. The molecule has 1 amide bonds. The van der Waals surface area contributed by atoms with E-state index in [0.29, 0.717) is 25.5 Å². The van der Waals surface area contributed by atoms with Crippen molar-refractivity contribution in [3.8, 4) is 5.75 Å². The van der Waals surface area contributed by atoms with Crippen LogP contribution < -0.4 is 10.1 Å². The third kappa shape index (κ3) is 2.35. The van der Waals surface area contributed by atoms with E-state index in [0.717, 1.165) is 12.2 Å². The first-order chi connectivity index (χ1) is 7.81. The molecule has 3 nitrogen and oxygen atoms in total. The number of benzene rings is 1. The van der Waals surface area contributed by atoms with Gasteiger partial charge in [-0.25, -0.2) is 0 Å². The van der Waals surface area contributed by atoms with Crippen LogP contribution in [0, 0.1) is 0 Å². The molecule has 1 aliphatic rings. The van der Waals surface area contributed by atoms with Crippen LogP contribution in [-0.4, -0.2) is 19.1 Å². The van der Waals surface area contributed by atoms with Crippen LogP contribution in [-0.2, 0) is 4.79 Å². The molecular weight excluding hydrogens is 202 g/mol. The van der Waals surface area contributed by atoms with Crippen LogP contribution in [0.25, 0.3) is 0 Å². The average molecular weight is 219 g/mol. The average Bonchev–Trinajstić information content (AvgIpc) is 2.30. The number of hydrogen-bond acceptors (Lipinski definition) is 2. The topological polar surface area (TPSA) is 38.3 Å². The minimum Gasteiger partial charge on any atom is -0.493 e. The number of amides is 1. The van der Waals surface area contributed by atoms with Crippen molar-refractivity contribution in [1.82, 2.24) is 5.32 Å². The van der Waals surface area contributed by atoms with Crippen molar-refractivity contribution in [1.29, 1.82) is 0 Å². The first kappa shape index (κ1) is 11.0. The molecule has 1 N–H and O–H groups in total. The summed E-state index contributed by atoms with van der Waals surface area (Å²) >= 11 is 0. The maximum Gasteiger partial charge on any atom is 0.220 e. The third-order valence-electron chi connectivity index (χ3n) is 2.89. The second kappa shape index (κ2) is 5.01. The molecule has 0 spiro atoms. The highest BCUT2D eigenvalue weighted by molar-refractivity contribution is 5.77. The Bertz CT molecular complexity index is 376. The van der Waals surface area contributed by atoms with Gasteiger partial charge in [-0.3, -0.25) is 4.79 Å². The lowest BCUT2D eigenvalue weighted by Crippen LogP contribution is -2.26. The van der Waals surface area contributed by atoms with Gasteiger partial charge in [0.05, 0.1) is 6.61 Å². The smallest absolute Gasteiger partial charge is 0.220 e. The summed E-state index contributed by atoms with van der Waals surface area (Å²) in [5.41, 5.74) is 1.17. The van der Waals surface area contributed by atoms with Crippen LogP contribution in [0.2, 0.25) is 0 Å². The first-order valence-corrected chi connectivity index (χ1v) is 5.79. The summed E-state index contributed by atoms with van der Waals surface area (Å²) < 4.78 is 5.56. The summed E-state index contributed by atoms with van der Waals surface area (Å²) in [6.07, 6.45) is 1.49. The van der Waals surface area contributed by atoms with Crippen molar-refractivity contribution in [3.63, 3.8) is 0 Å². The SMILES string of the molecule is CCNC(=O)CC1CCOc2ccccc21. The Balaban J connectivity index is 2.10. The zero-order valence-corrected chi connectivity index (χ0v) is 9.53. The Morgan fingerprint density at radius 1 is 1.50 bits per heavy atom. The van der Waals surface area contributed by atoms with Crippen LogP contribution in [0.4, 0.5) is 0 Å². The number of para-hydroxylation sites is 1. The van der Waals surface area contributed by atoms with E-state index < -0.39 is 0 Å². The molecule has 1 aromatic rings. The number of hydrogen-bond donors (Lipinski definition) is 1. The van der Waals surface area contributed by atoms with Gasteiger partial charge in [0.2, 0.25) is 5.91 Å². The fraction of sp³-hybridized carbons (Fsp3) is 0.462. The highest BCUT2D eigenvalue weighted by atomic mass is 16.5. The minimum atomic E-state index is 0.129. The normalized spacial score (nSPS) is 18.4. The van der Waals surface area contributed by atoms with Crippen molar-refractivity contribution in [2.45, 2.75) is 25.7 Å². The first-order valence-electron chi connectivity index (χ1n) is 5.79. The Hall–Kier alpha value is -1.51. The molecule has 0 saturated heterocycles. The van der Waals surface area contributed by atoms with Crippen molar-refractivity contribution in [3.05, 3.63) is 29.8 Å². The maximum atomic E-state index is 11.6. The van der Waals surface area contributed by atoms with Gasteiger partial charge in [-0.1, -0.05) is 18.2 Å². The van der Waals surface area contributed by atoms with Gasteiger partial charge in [0.25, 0.3) is 0 Å². The summed E-state index contributed by atoms with van der Waals surface area (Å²) in [6.45, 7) is 3.35. The third-order valence-corrected chi connectivity index (χ3v) is 2.89. The van der Waals surface area contributed by atoms with Crippen LogP contribution in [0.15, 0.2) is 24.3 Å². The largest absolute Gasteiger partial charge is 0.493 e. The molecule has 1 unspecified atom stereocenters. The predicted molar refractivity (Wildman–Crippen MR) is 62.6 cm³/mol. The Morgan fingerprint density at radius 3 is 3.12 bits per heavy atom. The number of nitrogens with one attached hydrogen (secondary N) is 1. The van der Waals surface area contributed by atoms with E-state index in [9.17, 15) is 4.79 Å². The van der Waals surface area contributed by atoms with Gasteiger partial charge in [-0.15, -0.1) is 0 Å². The number of carbonyl (C=O) groups excluding carboxylic acids is 1. The number of fused-ring (bicyclic) bond motifs is 1. The molecule has 86 valence electrons. The second-order valence-corrected chi connectivity index (χ2v) is 4.03. The van der Waals surface area contributed by atoms with Gasteiger partial charge in [0.15, 0.2) is 0 Å². The Morgan fingerprint density at radius 2 is 2.31 bits per heavy atom. The van der Waals surface area contributed by atoms with Crippen LogP contribution in [0.1, 0.15) is 31.2 Å². The van der Waals surface area contributed by atoms with E-state index in [1.165, 1.54) is 5.56 Å². The Labute approximate surface area is 95.8 Å². The number of carbonyl (C=O) groups is 1. The zero-order chi connectivity index (χ0) is 11.4. The van der Waals surface area contributed by atoms with Gasteiger partial charge in [0, 0.05) is 13.0 Å². The quantitative estimate of drug-likeness (QED) is 0.845. The van der Waals surface area contributed by atoms with Crippen LogP contribution in [0.3, 0.4) is 0 Å². The molecule has 0 aromatic heterocycles. The fourth-order valence-electron chi connectivity index (χ4n) is 2.12. The number of rotatable bonds is 3. The van der Waals surface area contributed by atoms with Gasteiger partial charge in [-0.2, -0.15) is 0 Å². The zero-order valence-electron chi connectivity index (χ0n) is 9.53. The lowest BCUT2D eigenvalue weighted by atomic mass is 9.90. The minimum absolute atomic E-state index is 0.129. The van der Waals surface area contributed by atoms with E-state index in [-0.39, 0.29) is 5.91 Å². The van der Waals surface area contributed by atoms with E-state index in [1.807, 2.05) is 25.1 Å². The molecular formula is C13H17NO2.